The number of hydrogen-bond acceptors (Lipinski definition) is 1. The number of aromatic amines is 1. The lowest BCUT2D eigenvalue weighted by Gasteiger charge is -2.20. The molecule has 3 N–H and O–H groups in total. The van der Waals surface area contributed by atoms with Gasteiger partial charge in [0.25, 0.3) is 5.82 Å². The molecule has 0 unspecified atom stereocenters. The summed E-state index contributed by atoms with van der Waals surface area (Å²) in [6.07, 6.45) is -3.41. The molecule has 0 radical (unpaired) electrons. The minimum atomic E-state index is -4.37. The molecule has 1 aromatic heterocycles. The third-order valence-electron chi connectivity index (χ3n) is 2.72. The Kier molecular flexibility index (Phi) is 3.44. The maximum absolute atomic E-state index is 12.4. The molecule has 0 spiro atoms. The number of nitrogens with one attached hydrogen (secondary N) is 1. The van der Waals surface area contributed by atoms with E-state index in [9.17, 15) is 13.2 Å². The van der Waals surface area contributed by atoms with E-state index in [4.69, 9.17) is 11.6 Å². The normalized spacial score (nSPS) is 17.3. The maximum Gasteiger partial charge on any atom is 0.419 e. The zero-order chi connectivity index (χ0) is 12.5. The van der Waals surface area contributed by atoms with Crippen LogP contribution in [-0.4, -0.2) is 26.2 Å². The highest BCUT2D eigenvalue weighted by molar-refractivity contribution is 6.32. The number of quaternary nitrogens is 1. The second-order valence-corrected chi connectivity index (χ2v) is 4.34. The van der Waals surface area contributed by atoms with Crippen LogP contribution in [0.25, 0.3) is 0 Å². The summed E-state index contributed by atoms with van der Waals surface area (Å²) in [5.41, 5.74) is -0.755. The van der Waals surface area contributed by atoms with Crippen molar-refractivity contribution in [2.75, 3.05) is 31.1 Å². The SMILES string of the molecule is FC(F)(F)c1c[nH+]c(N2CC[NH2+]CC2)c(Cl)c1. The highest BCUT2D eigenvalue weighted by Gasteiger charge is 2.34. The average molecular weight is 268 g/mol. The second kappa shape index (κ2) is 4.70. The van der Waals surface area contributed by atoms with E-state index in [1.807, 2.05) is 4.90 Å². The van der Waals surface area contributed by atoms with Gasteiger partial charge in [0.15, 0.2) is 0 Å². The number of aromatic nitrogens is 1. The molecule has 94 valence electrons. The van der Waals surface area contributed by atoms with Crippen molar-refractivity contribution in [2.45, 2.75) is 6.18 Å². The largest absolute Gasteiger partial charge is 0.419 e. The van der Waals surface area contributed by atoms with Crippen LogP contribution in [0.3, 0.4) is 0 Å². The molecule has 1 fully saturated rings. The Morgan fingerprint density at radius 1 is 1.29 bits per heavy atom. The number of piperazine rings is 1. The zero-order valence-corrected chi connectivity index (χ0v) is 9.78. The molecule has 0 saturated carbocycles. The summed E-state index contributed by atoms with van der Waals surface area (Å²) in [6.45, 7) is 3.40. The molecule has 0 aliphatic carbocycles. The first kappa shape index (κ1) is 12.4. The van der Waals surface area contributed by atoms with Crippen LogP contribution < -0.4 is 15.2 Å². The van der Waals surface area contributed by atoms with Crippen molar-refractivity contribution in [3.05, 3.63) is 22.8 Å². The highest BCUT2D eigenvalue weighted by atomic mass is 35.5. The van der Waals surface area contributed by atoms with Crippen molar-refractivity contribution in [3.8, 4) is 0 Å². The molecule has 0 bridgehead atoms. The lowest BCUT2D eigenvalue weighted by Crippen LogP contribution is -2.90. The summed E-state index contributed by atoms with van der Waals surface area (Å²) in [6, 6.07) is 0.964. The summed E-state index contributed by atoms with van der Waals surface area (Å²) in [5.74, 6) is 0.563. The van der Waals surface area contributed by atoms with Gasteiger partial charge in [-0.25, -0.2) is 9.88 Å². The van der Waals surface area contributed by atoms with E-state index in [0.717, 1.165) is 38.4 Å². The van der Waals surface area contributed by atoms with Crippen molar-refractivity contribution >= 4 is 17.4 Å². The van der Waals surface area contributed by atoms with Gasteiger partial charge in [0.1, 0.15) is 37.4 Å². The number of halogens is 4. The summed E-state index contributed by atoms with van der Waals surface area (Å²) in [7, 11) is 0. The molecule has 0 aromatic carbocycles. The molecule has 2 rings (SSSR count). The van der Waals surface area contributed by atoms with Crippen LogP contribution in [0.15, 0.2) is 12.3 Å². The van der Waals surface area contributed by atoms with Gasteiger partial charge < -0.3 is 5.32 Å². The molecular formula is C10H13ClF3N3+2. The summed E-state index contributed by atoms with van der Waals surface area (Å²) in [4.78, 5) is 4.60. The van der Waals surface area contributed by atoms with E-state index < -0.39 is 11.7 Å². The van der Waals surface area contributed by atoms with Crippen LogP contribution in [0.5, 0.6) is 0 Å². The molecule has 2 heterocycles. The lowest BCUT2D eigenvalue weighted by atomic mass is 10.2. The van der Waals surface area contributed by atoms with Gasteiger partial charge in [-0.05, 0) is 6.07 Å². The molecule has 7 heteroatoms. The first-order chi connectivity index (χ1) is 7.98. The first-order valence-electron chi connectivity index (χ1n) is 5.33. The Hall–Kier alpha value is -1.01. The topological polar surface area (TPSA) is 34.0 Å². The Balaban J connectivity index is 2.25. The van der Waals surface area contributed by atoms with Crippen molar-refractivity contribution in [1.82, 2.24) is 0 Å². The molecule has 0 atom stereocenters. The molecule has 1 saturated heterocycles. The van der Waals surface area contributed by atoms with Crippen molar-refractivity contribution in [3.63, 3.8) is 0 Å². The molecule has 3 nitrogen and oxygen atoms in total. The van der Waals surface area contributed by atoms with Crippen LogP contribution in [-0.2, 0) is 6.18 Å². The van der Waals surface area contributed by atoms with Gasteiger partial charge in [0, 0.05) is 0 Å². The number of hydrogen-bond donors (Lipinski definition) is 1. The molecule has 1 aromatic rings. The number of alkyl halides is 3. The number of pyridine rings is 1. The summed E-state index contributed by atoms with van der Waals surface area (Å²) >= 11 is 5.89. The van der Waals surface area contributed by atoms with Gasteiger partial charge in [-0.3, -0.25) is 0 Å². The quantitative estimate of drug-likeness (QED) is 0.793. The minimum absolute atomic E-state index is 0.113. The van der Waals surface area contributed by atoms with Gasteiger partial charge in [-0.15, -0.1) is 0 Å². The van der Waals surface area contributed by atoms with Gasteiger partial charge in [-0.1, -0.05) is 11.6 Å². The maximum atomic E-state index is 12.4. The molecule has 1 aliphatic heterocycles. The Morgan fingerprint density at radius 3 is 2.47 bits per heavy atom. The number of anilines is 1. The van der Waals surface area contributed by atoms with Crippen LogP contribution in [0.2, 0.25) is 5.02 Å². The van der Waals surface area contributed by atoms with Gasteiger partial charge >= 0.3 is 6.18 Å². The Bertz CT molecular complexity index is 402. The summed E-state index contributed by atoms with van der Waals surface area (Å²) < 4.78 is 37.3. The van der Waals surface area contributed by atoms with Gasteiger partial charge in [0.2, 0.25) is 0 Å². The monoisotopic (exact) mass is 267 g/mol. The molecule has 0 amide bonds. The molecular weight excluding hydrogens is 255 g/mol. The number of H-pyrrole nitrogens is 1. The van der Waals surface area contributed by atoms with Crippen LogP contribution in [0.1, 0.15) is 5.56 Å². The van der Waals surface area contributed by atoms with E-state index >= 15 is 0 Å². The van der Waals surface area contributed by atoms with Gasteiger partial charge in [-0.2, -0.15) is 13.2 Å². The third kappa shape index (κ3) is 2.81. The average Bonchev–Trinajstić information content (AvgIpc) is 2.29. The second-order valence-electron chi connectivity index (χ2n) is 3.94. The number of rotatable bonds is 1. The fourth-order valence-corrected chi connectivity index (χ4v) is 2.13. The van der Waals surface area contributed by atoms with Crippen molar-refractivity contribution in [1.29, 1.82) is 0 Å². The lowest BCUT2D eigenvalue weighted by molar-refractivity contribution is -0.656. The minimum Gasteiger partial charge on any atom is -0.340 e. The molecule has 17 heavy (non-hydrogen) atoms. The van der Waals surface area contributed by atoms with E-state index in [-0.39, 0.29) is 5.02 Å². The first-order valence-corrected chi connectivity index (χ1v) is 5.71. The summed E-state index contributed by atoms with van der Waals surface area (Å²) in [5, 5.41) is 2.27. The third-order valence-corrected chi connectivity index (χ3v) is 3.01. The van der Waals surface area contributed by atoms with Crippen LogP contribution in [0.4, 0.5) is 19.0 Å². The fourth-order valence-electron chi connectivity index (χ4n) is 1.84. The number of nitrogens with two attached hydrogens (primary N) is 1. The van der Waals surface area contributed by atoms with E-state index in [1.54, 1.807) is 0 Å². The Labute approximate surface area is 102 Å². The smallest absolute Gasteiger partial charge is 0.340 e. The van der Waals surface area contributed by atoms with E-state index in [0.29, 0.717) is 5.82 Å². The van der Waals surface area contributed by atoms with Crippen LogP contribution >= 0.6 is 11.6 Å². The predicted octanol–water partition coefficient (Wildman–Crippen LogP) is 0.556. The highest BCUT2D eigenvalue weighted by Crippen LogP contribution is 2.31. The zero-order valence-electron chi connectivity index (χ0n) is 9.02. The van der Waals surface area contributed by atoms with Crippen molar-refractivity contribution in [2.24, 2.45) is 0 Å². The predicted molar refractivity (Wildman–Crippen MR) is 56.9 cm³/mol. The fraction of sp³-hybridized carbons (Fsp3) is 0.500. The van der Waals surface area contributed by atoms with Crippen LogP contribution in [0, 0.1) is 0 Å². The van der Waals surface area contributed by atoms with Crippen molar-refractivity contribution < 1.29 is 23.5 Å². The van der Waals surface area contributed by atoms with E-state index in [2.05, 4.69) is 10.3 Å². The molecule has 1 aliphatic rings. The van der Waals surface area contributed by atoms with E-state index in [1.165, 1.54) is 0 Å². The standard InChI is InChI=1S/C10H11ClF3N3/c11-8-5-7(10(12,13)14)6-16-9(8)17-3-1-15-2-4-17/h5-6,15H,1-4H2/p+2. The Morgan fingerprint density at radius 2 is 1.94 bits per heavy atom. The van der Waals surface area contributed by atoms with Gasteiger partial charge in [0.05, 0.1) is 5.56 Å². The number of nitrogens with zero attached hydrogens (tertiary/aromatic N) is 1.